The van der Waals surface area contributed by atoms with Gasteiger partial charge in [0.1, 0.15) is 11.5 Å². The molecule has 0 fully saturated rings. The standard InChI is InChI=1S/C21H26FN5S/c1-5-27(6-2)9-10-28-21-25-19(17-8-7-16(22)11-14(17)3)18-15(12-23-4)13-24-20(18)26-21/h7-8,11-13H,5-6,9-10H2,1-4H3,(H,24,25,26). The Bertz CT molecular complexity index is 978. The van der Waals surface area contributed by atoms with E-state index in [1.165, 1.54) is 12.1 Å². The molecule has 148 valence electrons. The predicted octanol–water partition coefficient (Wildman–Crippen LogP) is 4.56. The van der Waals surface area contributed by atoms with Gasteiger partial charge >= 0.3 is 0 Å². The first-order valence-electron chi connectivity index (χ1n) is 9.50. The normalized spacial score (nSPS) is 11.9. The average Bonchev–Trinajstić information content (AvgIpc) is 3.08. The zero-order valence-electron chi connectivity index (χ0n) is 16.8. The molecule has 0 aliphatic rings. The highest BCUT2D eigenvalue weighted by Gasteiger charge is 2.17. The molecule has 0 spiro atoms. The third-order valence-corrected chi connectivity index (χ3v) is 5.61. The van der Waals surface area contributed by atoms with E-state index in [0.29, 0.717) is 0 Å². The van der Waals surface area contributed by atoms with Crippen LogP contribution in [0.15, 0.2) is 34.5 Å². The van der Waals surface area contributed by atoms with Gasteiger partial charge in [-0.25, -0.2) is 14.4 Å². The van der Waals surface area contributed by atoms with Crippen LogP contribution in [-0.2, 0) is 0 Å². The number of benzene rings is 1. The molecule has 3 aromatic rings. The number of hydrogen-bond acceptors (Lipinski definition) is 5. The molecule has 0 unspecified atom stereocenters. The van der Waals surface area contributed by atoms with E-state index in [9.17, 15) is 4.39 Å². The molecule has 1 N–H and O–H groups in total. The van der Waals surface area contributed by atoms with Crippen LogP contribution in [0.4, 0.5) is 4.39 Å². The van der Waals surface area contributed by atoms with Crippen LogP contribution in [0, 0.1) is 12.7 Å². The molecule has 0 radical (unpaired) electrons. The Balaban J connectivity index is 2.04. The van der Waals surface area contributed by atoms with Crippen LogP contribution in [0.1, 0.15) is 25.0 Å². The minimum atomic E-state index is -0.246. The summed E-state index contributed by atoms with van der Waals surface area (Å²) in [5.74, 6) is 0.670. The van der Waals surface area contributed by atoms with Gasteiger partial charge in [0.2, 0.25) is 0 Å². The van der Waals surface area contributed by atoms with Crippen LogP contribution in [0.3, 0.4) is 0 Å². The second-order valence-electron chi connectivity index (χ2n) is 6.54. The maximum absolute atomic E-state index is 13.6. The summed E-state index contributed by atoms with van der Waals surface area (Å²) in [4.78, 5) is 19.3. The monoisotopic (exact) mass is 399 g/mol. The van der Waals surface area contributed by atoms with Crippen molar-refractivity contribution < 1.29 is 4.39 Å². The Morgan fingerprint density at radius 3 is 2.71 bits per heavy atom. The molecule has 3 rings (SSSR count). The van der Waals surface area contributed by atoms with E-state index in [1.807, 2.05) is 13.1 Å². The number of aryl methyl sites for hydroxylation is 1. The fraction of sp³-hybridized carbons (Fsp3) is 0.381. The Morgan fingerprint density at radius 2 is 2.04 bits per heavy atom. The SMILES string of the molecule is CCN(CC)CCSc1nc(-c2ccc(F)cc2C)c2c(C=NC)c[nH]c2n1. The van der Waals surface area contributed by atoms with Crippen LogP contribution in [0.25, 0.3) is 22.3 Å². The van der Waals surface area contributed by atoms with Gasteiger partial charge in [0.25, 0.3) is 0 Å². The number of H-pyrrole nitrogens is 1. The molecule has 0 aliphatic heterocycles. The molecule has 7 heteroatoms. The van der Waals surface area contributed by atoms with Gasteiger partial charge in [-0.05, 0) is 43.8 Å². The number of aliphatic imine (C=N–C) groups is 1. The van der Waals surface area contributed by atoms with Crippen molar-refractivity contribution in [1.82, 2.24) is 19.9 Å². The fourth-order valence-corrected chi connectivity index (χ4v) is 4.08. The molecule has 0 bridgehead atoms. The topological polar surface area (TPSA) is 57.2 Å². The summed E-state index contributed by atoms with van der Waals surface area (Å²) in [7, 11) is 1.74. The lowest BCUT2D eigenvalue weighted by Gasteiger charge is -2.17. The smallest absolute Gasteiger partial charge is 0.190 e. The van der Waals surface area contributed by atoms with Crippen molar-refractivity contribution in [2.24, 2.45) is 4.99 Å². The fourth-order valence-electron chi connectivity index (χ4n) is 3.24. The lowest BCUT2D eigenvalue weighted by molar-refractivity contribution is 0.324. The number of nitrogens with one attached hydrogen (secondary N) is 1. The lowest BCUT2D eigenvalue weighted by atomic mass is 10.0. The van der Waals surface area contributed by atoms with E-state index in [2.05, 4.69) is 28.7 Å². The van der Waals surface area contributed by atoms with Gasteiger partial charge in [-0.2, -0.15) is 0 Å². The molecule has 0 aliphatic carbocycles. The van der Waals surface area contributed by atoms with Crippen LogP contribution < -0.4 is 0 Å². The Hall–Kier alpha value is -2.25. The largest absolute Gasteiger partial charge is 0.345 e. The van der Waals surface area contributed by atoms with Gasteiger partial charge in [0.05, 0.1) is 11.1 Å². The third kappa shape index (κ3) is 4.42. The second-order valence-corrected chi connectivity index (χ2v) is 7.61. The molecule has 0 saturated heterocycles. The van der Waals surface area contributed by atoms with Crippen molar-refractivity contribution in [3.8, 4) is 11.3 Å². The van der Waals surface area contributed by atoms with Crippen molar-refractivity contribution in [2.75, 3.05) is 32.4 Å². The average molecular weight is 400 g/mol. The molecule has 2 heterocycles. The minimum absolute atomic E-state index is 0.246. The number of rotatable bonds is 8. The predicted molar refractivity (Wildman–Crippen MR) is 116 cm³/mol. The van der Waals surface area contributed by atoms with Gasteiger partial charge in [-0.1, -0.05) is 25.6 Å². The summed E-state index contributed by atoms with van der Waals surface area (Å²) >= 11 is 1.64. The van der Waals surface area contributed by atoms with E-state index >= 15 is 0 Å². The van der Waals surface area contributed by atoms with Crippen molar-refractivity contribution in [2.45, 2.75) is 25.9 Å². The quantitative estimate of drug-likeness (QED) is 0.343. The van der Waals surface area contributed by atoms with Gasteiger partial charge in [-0.15, -0.1) is 0 Å². The van der Waals surface area contributed by atoms with E-state index < -0.39 is 0 Å². The van der Waals surface area contributed by atoms with Crippen molar-refractivity contribution >= 4 is 29.0 Å². The minimum Gasteiger partial charge on any atom is -0.345 e. The maximum atomic E-state index is 13.6. The lowest BCUT2D eigenvalue weighted by Crippen LogP contribution is -2.25. The first-order valence-corrected chi connectivity index (χ1v) is 10.5. The number of hydrogen-bond donors (Lipinski definition) is 1. The van der Waals surface area contributed by atoms with E-state index in [4.69, 9.17) is 9.97 Å². The van der Waals surface area contributed by atoms with Crippen molar-refractivity contribution in [3.63, 3.8) is 0 Å². The summed E-state index contributed by atoms with van der Waals surface area (Å²) in [6, 6.07) is 4.80. The van der Waals surface area contributed by atoms with E-state index in [-0.39, 0.29) is 5.82 Å². The van der Waals surface area contributed by atoms with E-state index in [0.717, 1.165) is 64.0 Å². The van der Waals surface area contributed by atoms with Crippen molar-refractivity contribution in [3.05, 3.63) is 41.3 Å². The zero-order valence-corrected chi connectivity index (χ0v) is 17.6. The highest BCUT2D eigenvalue weighted by Crippen LogP contribution is 2.32. The van der Waals surface area contributed by atoms with Crippen LogP contribution in [0.2, 0.25) is 0 Å². The van der Waals surface area contributed by atoms with Crippen LogP contribution in [0.5, 0.6) is 0 Å². The summed E-state index contributed by atoms with van der Waals surface area (Å²) in [5.41, 5.74) is 4.26. The van der Waals surface area contributed by atoms with Crippen molar-refractivity contribution in [1.29, 1.82) is 0 Å². The highest BCUT2D eigenvalue weighted by atomic mass is 32.2. The molecule has 0 atom stereocenters. The van der Waals surface area contributed by atoms with E-state index in [1.54, 1.807) is 31.1 Å². The molecule has 1 aromatic carbocycles. The first-order chi connectivity index (χ1) is 13.6. The third-order valence-electron chi connectivity index (χ3n) is 4.79. The molecule has 2 aromatic heterocycles. The number of aromatic nitrogens is 3. The number of aromatic amines is 1. The summed E-state index contributed by atoms with van der Waals surface area (Å²) in [6.07, 6.45) is 3.68. The molecule has 0 amide bonds. The summed E-state index contributed by atoms with van der Waals surface area (Å²) < 4.78 is 13.6. The molecule has 28 heavy (non-hydrogen) atoms. The Kier molecular flexibility index (Phi) is 6.80. The zero-order chi connectivity index (χ0) is 20.1. The summed E-state index contributed by atoms with van der Waals surface area (Å²) in [5, 5.41) is 1.63. The summed E-state index contributed by atoms with van der Waals surface area (Å²) in [6.45, 7) is 9.30. The second kappa shape index (κ2) is 9.30. The van der Waals surface area contributed by atoms with Gasteiger partial charge in [0.15, 0.2) is 5.16 Å². The number of nitrogens with zero attached hydrogens (tertiary/aromatic N) is 4. The molecular weight excluding hydrogens is 373 g/mol. The molecule has 0 saturated carbocycles. The number of halogens is 1. The Labute approximate surface area is 169 Å². The van der Waals surface area contributed by atoms with Crippen LogP contribution >= 0.6 is 11.8 Å². The van der Waals surface area contributed by atoms with Crippen LogP contribution in [-0.4, -0.2) is 58.5 Å². The first kappa shape index (κ1) is 20.5. The molecule has 5 nitrogen and oxygen atoms in total. The Morgan fingerprint density at radius 1 is 1.25 bits per heavy atom. The number of thioether (sulfide) groups is 1. The maximum Gasteiger partial charge on any atom is 0.190 e. The van der Waals surface area contributed by atoms with Gasteiger partial charge in [0, 0.05) is 42.9 Å². The highest BCUT2D eigenvalue weighted by molar-refractivity contribution is 7.99. The molecular formula is C21H26FN5S. The van der Waals surface area contributed by atoms with Gasteiger partial charge < -0.3 is 9.88 Å². The van der Waals surface area contributed by atoms with Gasteiger partial charge in [-0.3, -0.25) is 4.99 Å². The number of fused-ring (bicyclic) bond motifs is 1.